The maximum absolute atomic E-state index is 4.84. The van der Waals surface area contributed by atoms with Crippen molar-refractivity contribution in [3.63, 3.8) is 0 Å². The van der Waals surface area contributed by atoms with E-state index in [1.54, 1.807) is 0 Å². The third kappa shape index (κ3) is 4.61. The van der Waals surface area contributed by atoms with Crippen molar-refractivity contribution in [3.8, 4) is 11.3 Å². The molecule has 0 N–H and O–H groups in total. The second-order valence-electron chi connectivity index (χ2n) is 9.40. The summed E-state index contributed by atoms with van der Waals surface area (Å²) in [5.41, 5.74) is 3.68. The van der Waals surface area contributed by atoms with Gasteiger partial charge in [0.2, 0.25) is 0 Å². The standard InChI is InChI=1S/C19H18N.2C6H5.Sb/c1-19(2,3)17-13-15(18-10-6-7-11-20-18)12-14-8-4-5-9-16(14)17;2*1-2-4-6-5-3-1;/h4-5,7-13H,1-3H3;2*1-5H;. The van der Waals surface area contributed by atoms with Gasteiger partial charge in [-0.15, -0.1) is 0 Å². The first-order chi connectivity index (χ1) is 16.0. The molecule has 0 amide bonds. The van der Waals surface area contributed by atoms with E-state index < -0.39 is 20.2 Å². The van der Waals surface area contributed by atoms with Gasteiger partial charge >= 0.3 is 205 Å². The molecule has 5 rings (SSSR count). The number of fused-ring (bicyclic) bond motifs is 1. The van der Waals surface area contributed by atoms with E-state index in [4.69, 9.17) is 4.98 Å². The molecular formula is C31H28NSb. The summed E-state index contributed by atoms with van der Waals surface area (Å²) < 4.78 is 4.38. The molecule has 1 aromatic heterocycles. The van der Waals surface area contributed by atoms with Crippen LogP contribution in [-0.4, -0.2) is 25.2 Å². The zero-order chi connectivity index (χ0) is 22.8. The number of hydrogen-bond acceptors (Lipinski definition) is 1. The van der Waals surface area contributed by atoms with Gasteiger partial charge in [0.25, 0.3) is 0 Å². The summed E-state index contributed by atoms with van der Waals surface area (Å²) >= 11 is -2.16. The molecule has 1 nitrogen and oxygen atoms in total. The van der Waals surface area contributed by atoms with Gasteiger partial charge in [-0.3, -0.25) is 0 Å². The fraction of sp³-hybridized carbons (Fsp3) is 0.129. The van der Waals surface area contributed by atoms with Crippen molar-refractivity contribution in [3.05, 3.63) is 121 Å². The van der Waals surface area contributed by atoms with Gasteiger partial charge < -0.3 is 0 Å². The third-order valence-corrected chi connectivity index (χ3v) is 12.9. The summed E-state index contributed by atoms with van der Waals surface area (Å²) in [6.45, 7) is 6.87. The zero-order valence-corrected chi connectivity index (χ0v) is 21.9. The summed E-state index contributed by atoms with van der Waals surface area (Å²) in [5.74, 6) is 0. The summed E-state index contributed by atoms with van der Waals surface area (Å²) in [6.07, 6.45) is 2.00. The number of pyridine rings is 1. The fourth-order valence-electron chi connectivity index (χ4n) is 4.40. The minimum atomic E-state index is -2.16. The van der Waals surface area contributed by atoms with Gasteiger partial charge in [0.15, 0.2) is 0 Å². The Labute approximate surface area is 204 Å². The van der Waals surface area contributed by atoms with Crippen LogP contribution in [0.3, 0.4) is 0 Å². The van der Waals surface area contributed by atoms with Gasteiger partial charge in [-0.1, -0.05) is 0 Å². The predicted octanol–water partition coefficient (Wildman–Crippen LogP) is 5.72. The molecule has 2 heteroatoms. The Kier molecular flexibility index (Phi) is 6.09. The summed E-state index contributed by atoms with van der Waals surface area (Å²) in [7, 11) is 0. The molecule has 0 bridgehead atoms. The van der Waals surface area contributed by atoms with Crippen molar-refractivity contribution in [1.82, 2.24) is 4.98 Å². The Morgan fingerprint density at radius 1 is 0.606 bits per heavy atom. The van der Waals surface area contributed by atoms with Crippen LogP contribution in [0.25, 0.3) is 22.0 Å². The Morgan fingerprint density at radius 3 is 1.85 bits per heavy atom. The second-order valence-corrected chi connectivity index (χ2v) is 15.7. The number of hydrogen-bond donors (Lipinski definition) is 0. The van der Waals surface area contributed by atoms with E-state index >= 15 is 0 Å². The predicted molar refractivity (Wildman–Crippen MR) is 143 cm³/mol. The van der Waals surface area contributed by atoms with Crippen molar-refractivity contribution < 1.29 is 0 Å². The topological polar surface area (TPSA) is 12.9 Å². The first-order valence-electron chi connectivity index (χ1n) is 11.4. The molecule has 0 radical (unpaired) electrons. The molecule has 0 saturated heterocycles. The zero-order valence-electron chi connectivity index (χ0n) is 19.4. The van der Waals surface area contributed by atoms with Gasteiger partial charge in [0.05, 0.1) is 0 Å². The first-order valence-corrected chi connectivity index (χ1v) is 15.2. The Morgan fingerprint density at radius 2 is 1.21 bits per heavy atom. The molecule has 0 fully saturated rings. The molecular weight excluding hydrogens is 508 g/mol. The van der Waals surface area contributed by atoms with Crippen molar-refractivity contribution in [2.45, 2.75) is 26.2 Å². The van der Waals surface area contributed by atoms with Crippen LogP contribution in [0.2, 0.25) is 0 Å². The summed E-state index contributed by atoms with van der Waals surface area (Å²) in [5, 5.41) is 2.60. The first kappa shape index (κ1) is 21.9. The van der Waals surface area contributed by atoms with Gasteiger partial charge in [-0.2, -0.15) is 0 Å². The molecule has 1 heterocycles. The monoisotopic (exact) mass is 535 g/mol. The normalized spacial score (nSPS) is 11.8. The van der Waals surface area contributed by atoms with Crippen molar-refractivity contribution in [2.24, 2.45) is 0 Å². The van der Waals surface area contributed by atoms with E-state index in [0.29, 0.717) is 0 Å². The molecule has 0 atom stereocenters. The molecule has 0 aliphatic carbocycles. The van der Waals surface area contributed by atoms with E-state index in [-0.39, 0.29) is 5.41 Å². The SMILES string of the molecule is CC(C)(C)c1cc(-c2c[c]([Sb]([c]3ccccc3)[c]3ccccc3)ccn2)cc2ccccc12. The average Bonchev–Trinajstić information content (AvgIpc) is 2.84. The Hall–Kier alpha value is -2.89. The van der Waals surface area contributed by atoms with Crippen LogP contribution >= 0.6 is 0 Å². The van der Waals surface area contributed by atoms with E-state index in [2.05, 4.69) is 130 Å². The molecule has 0 saturated carbocycles. The van der Waals surface area contributed by atoms with Crippen LogP contribution < -0.4 is 10.5 Å². The van der Waals surface area contributed by atoms with Crippen LogP contribution in [0.5, 0.6) is 0 Å². The summed E-state index contributed by atoms with van der Waals surface area (Å²) in [4.78, 5) is 4.84. The van der Waals surface area contributed by atoms with E-state index in [9.17, 15) is 0 Å². The van der Waals surface area contributed by atoms with Gasteiger partial charge in [-0.05, 0) is 0 Å². The molecule has 0 spiro atoms. The number of aromatic nitrogens is 1. The Bertz CT molecular complexity index is 1350. The molecule has 0 aliphatic rings. The van der Waals surface area contributed by atoms with Crippen LogP contribution in [0.1, 0.15) is 26.3 Å². The van der Waals surface area contributed by atoms with Gasteiger partial charge in [0.1, 0.15) is 0 Å². The van der Waals surface area contributed by atoms with E-state index in [0.717, 1.165) is 5.69 Å². The second kappa shape index (κ2) is 9.16. The fourth-order valence-corrected chi connectivity index (χ4v) is 11.0. The molecule has 0 unspecified atom stereocenters. The van der Waals surface area contributed by atoms with Crippen LogP contribution in [0.15, 0.2) is 115 Å². The molecule has 0 aliphatic heterocycles. The van der Waals surface area contributed by atoms with Crippen LogP contribution in [-0.2, 0) is 5.41 Å². The minimum absolute atomic E-state index is 0.0569. The number of nitrogens with zero attached hydrogens (tertiary/aromatic N) is 1. The quantitative estimate of drug-likeness (QED) is 0.268. The Balaban J connectivity index is 1.67. The van der Waals surface area contributed by atoms with Crippen molar-refractivity contribution >= 4 is 41.5 Å². The van der Waals surface area contributed by atoms with Crippen molar-refractivity contribution in [2.75, 3.05) is 0 Å². The van der Waals surface area contributed by atoms with E-state index in [1.807, 2.05) is 6.20 Å². The molecule has 5 aromatic rings. The van der Waals surface area contributed by atoms with Gasteiger partial charge in [-0.25, -0.2) is 0 Å². The maximum atomic E-state index is 4.84. The molecule has 33 heavy (non-hydrogen) atoms. The van der Waals surface area contributed by atoms with Crippen LogP contribution in [0.4, 0.5) is 0 Å². The van der Waals surface area contributed by atoms with Gasteiger partial charge in [0, 0.05) is 0 Å². The third-order valence-electron chi connectivity index (χ3n) is 6.00. The summed E-state index contributed by atoms with van der Waals surface area (Å²) in [6, 6.07) is 40.0. The van der Waals surface area contributed by atoms with Crippen molar-refractivity contribution in [1.29, 1.82) is 0 Å². The average molecular weight is 536 g/mol. The van der Waals surface area contributed by atoms with Crippen LogP contribution in [0, 0.1) is 0 Å². The van der Waals surface area contributed by atoms with E-state index in [1.165, 1.54) is 32.4 Å². The molecule has 162 valence electrons. The molecule has 4 aromatic carbocycles. The number of benzene rings is 4. The number of rotatable bonds is 4.